The van der Waals surface area contributed by atoms with Crippen molar-refractivity contribution in [1.82, 2.24) is 25.0 Å². The van der Waals surface area contributed by atoms with E-state index in [0.717, 1.165) is 60.3 Å². The molecule has 1 unspecified atom stereocenters. The maximum atomic E-state index is 12.2. The molecule has 35 heavy (non-hydrogen) atoms. The molecule has 1 atom stereocenters. The van der Waals surface area contributed by atoms with Gasteiger partial charge in [0.15, 0.2) is 11.0 Å². The fourth-order valence-corrected chi connectivity index (χ4v) is 5.54. The summed E-state index contributed by atoms with van der Waals surface area (Å²) >= 11 is 1.70. The van der Waals surface area contributed by atoms with E-state index in [2.05, 4.69) is 56.2 Å². The fourth-order valence-electron chi connectivity index (χ4n) is 4.59. The Balaban J connectivity index is 1.20. The Labute approximate surface area is 213 Å². The van der Waals surface area contributed by atoms with Crippen LogP contribution >= 0.6 is 11.8 Å². The summed E-state index contributed by atoms with van der Waals surface area (Å²) in [6.45, 7) is 5.39. The third-order valence-electron chi connectivity index (χ3n) is 6.59. The van der Waals surface area contributed by atoms with Gasteiger partial charge in [-0.2, -0.15) is 0 Å². The van der Waals surface area contributed by atoms with Crippen LogP contribution in [-0.4, -0.2) is 57.0 Å². The van der Waals surface area contributed by atoms with E-state index in [1.807, 2.05) is 36.4 Å². The molecule has 186 valence electrons. The van der Waals surface area contributed by atoms with Crippen LogP contribution in [0.2, 0.25) is 0 Å². The number of carbonyl (C=O) groups excluding carboxylic acids is 1. The smallest absolute Gasteiger partial charge is 0.219 e. The third-order valence-corrected chi connectivity index (χ3v) is 7.61. The van der Waals surface area contributed by atoms with E-state index < -0.39 is 0 Å². The molecule has 7 heteroatoms. The van der Waals surface area contributed by atoms with Crippen molar-refractivity contribution < 1.29 is 4.79 Å². The van der Waals surface area contributed by atoms with E-state index in [9.17, 15) is 4.79 Å². The molecule has 0 radical (unpaired) electrons. The molecule has 0 aliphatic carbocycles. The number of nitrogens with zero attached hydrogens (tertiary/aromatic N) is 4. The average Bonchev–Trinajstić information content (AvgIpc) is 3.32. The van der Waals surface area contributed by atoms with Crippen molar-refractivity contribution in [2.24, 2.45) is 0 Å². The summed E-state index contributed by atoms with van der Waals surface area (Å²) in [7, 11) is 0. The van der Waals surface area contributed by atoms with E-state index in [1.54, 1.807) is 11.8 Å². The Morgan fingerprint density at radius 2 is 1.77 bits per heavy atom. The van der Waals surface area contributed by atoms with Gasteiger partial charge in [-0.1, -0.05) is 66.7 Å². The van der Waals surface area contributed by atoms with E-state index in [4.69, 9.17) is 0 Å². The highest BCUT2D eigenvalue weighted by Gasteiger charge is 2.18. The van der Waals surface area contributed by atoms with Gasteiger partial charge in [-0.15, -0.1) is 10.2 Å². The van der Waals surface area contributed by atoms with E-state index >= 15 is 0 Å². The van der Waals surface area contributed by atoms with Crippen LogP contribution in [0, 0.1) is 0 Å². The number of likely N-dealkylation sites (tertiary alicyclic amines) is 1. The SMILES string of the molecule is CC1CCCCN1CCCNC(=O)CCCCSc1nnc(-c2ccccc2)n1-c1ccccc1. The molecule has 1 amide bonds. The van der Waals surface area contributed by atoms with E-state index in [0.29, 0.717) is 12.5 Å². The molecule has 6 nitrogen and oxygen atoms in total. The van der Waals surface area contributed by atoms with Crippen LogP contribution in [0.25, 0.3) is 17.1 Å². The number of piperidine rings is 1. The number of rotatable bonds is 12. The zero-order chi connectivity index (χ0) is 24.3. The standard InChI is InChI=1S/C28H37N5OS/c1-23-13-8-10-20-32(23)21-12-19-29-26(34)18-9-11-22-35-28-31-30-27(24-14-4-2-5-15-24)33(28)25-16-6-3-7-17-25/h2-7,14-17,23H,8-13,18-22H2,1H3,(H,29,34). The Morgan fingerprint density at radius 3 is 2.54 bits per heavy atom. The van der Waals surface area contributed by atoms with E-state index in [1.165, 1.54) is 25.8 Å². The van der Waals surface area contributed by atoms with Crippen molar-refractivity contribution in [1.29, 1.82) is 0 Å². The molecular weight excluding hydrogens is 454 g/mol. The van der Waals surface area contributed by atoms with Crippen LogP contribution in [0.4, 0.5) is 0 Å². The predicted octanol–water partition coefficient (Wildman–Crippen LogP) is 5.58. The zero-order valence-electron chi connectivity index (χ0n) is 20.7. The number of para-hydroxylation sites is 1. The summed E-state index contributed by atoms with van der Waals surface area (Å²) in [5.74, 6) is 1.91. The number of hydrogen-bond acceptors (Lipinski definition) is 5. The maximum absolute atomic E-state index is 12.2. The van der Waals surface area contributed by atoms with Gasteiger partial charge in [0.1, 0.15) is 0 Å². The van der Waals surface area contributed by atoms with Crippen molar-refractivity contribution in [3.05, 3.63) is 60.7 Å². The molecule has 1 fully saturated rings. The van der Waals surface area contributed by atoms with Crippen molar-refractivity contribution in [2.75, 3.05) is 25.4 Å². The minimum absolute atomic E-state index is 0.167. The highest BCUT2D eigenvalue weighted by atomic mass is 32.2. The van der Waals surface area contributed by atoms with Gasteiger partial charge >= 0.3 is 0 Å². The number of nitrogens with one attached hydrogen (secondary N) is 1. The molecule has 0 spiro atoms. The lowest BCUT2D eigenvalue weighted by Gasteiger charge is -2.33. The molecule has 0 bridgehead atoms. The molecule has 1 saturated heterocycles. The molecule has 0 saturated carbocycles. The first-order valence-corrected chi connectivity index (χ1v) is 13.9. The Bertz CT molecular complexity index is 1040. The highest BCUT2D eigenvalue weighted by Crippen LogP contribution is 2.28. The van der Waals surface area contributed by atoms with Gasteiger partial charge < -0.3 is 10.2 Å². The van der Waals surface area contributed by atoms with Crippen molar-refractivity contribution in [3.8, 4) is 17.1 Å². The number of thioether (sulfide) groups is 1. The summed E-state index contributed by atoms with van der Waals surface area (Å²) in [4.78, 5) is 14.8. The van der Waals surface area contributed by atoms with Crippen molar-refractivity contribution in [3.63, 3.8) is 0 Å². The molecule has 1 aliphatic rings. The Kier molecular flexibility index (Phi) is 9.78. The van der Waals surface area contributed by atoms with Crippen LogP contribution in [0.1, 0.15) is 51.9 Å². The fraction of sp³-hybridized carbons (Fsp3) is 0.464. The molecule has 1 aromatic heterocycles. The first kappa shape index (κ1) is 25.5. The lowest BCUT2D eigenvalue weighted by Crippen LogP contribution is -2.39. The second-order valence-electron chi connectivity index (χ2n) is 9.23. The van der Waals surface area contributed by atoms with Crippen LogP contribution in [0.5, 0.6) is 0 Å². The maximum Gasteiger partial charge on any atom is 0.219 e. The molecule has 3 aromatic rings. The van der Waals surface area contributed by atoms with Gasteiger partial charge in [0.25, 0.3) is 0 Å². The lowest BCUT2D eigenvalue weighted by atomic mass is 10.0. The summed E-state index contributed by atoms with van der Waals surface area (Å²) in [5, 5.41) is 13.0. The first-order valence-electron chi connectivity index (χ1n) is 12.9. The zero-order valence-corrected chi connectivity index (χ0v) is 21.6. The van der Waals surface area contributed by atoms with Crippen LogP contribution in [0.3, 0.4) is 0 Å². The van der Waals surface area contributed by atoms with Crippen LogP contribution in [0.15, 0.2) is 65.8 Å². The number of hydrogen-bond donors (Lipinski definition) is 1. The molecule has 2 aromatic carbocycles. The quantitative estimate of drug-likeness (QED) is 0.265. The molecule has 2 heterocycles. The number of unbranched alkanes of at least 4 members (excludes halogenated alkanes) is 1. The number of amides is 1. The first-order chi connectivity index (χ1) is 17.2. The van der Waals surface area contributed by atoms with Crippen molar-refractivity contribution in [2.45, 2.75) is 63.1 Å². The van der Waals surface area contributed by atoms with Gasteiger partial charge in [0.2, 0.25) is 5.91 Å². The topological polar surface area (TPSA) is 63.1 Å². The molecular formula is C28H37N5OS. The summed E-state index contributed by atoms with van der Waals surface area (Å²) in [5.41, 5.74) is 2.10. The van der Waals surface area contributed by atoms with Gasteiger partial charge in [0, 0.05) is 42.6 Å². The second kappa shape index (κ2) is 13.4. The monoisotopic (exact) mass is 491 g/mol. The summed E-state index contributed by atoms with van der Waals surface area (Å²) in [6.07, 6.45) is 7.43. The Hall–Kier alpha value is -2.64. The normalized spacial score (nSPS) is 16.3. The van der Waals surface area contributed by atoms with Crippen LogP contribution < -0.4 is 5.32 Å². The highest BCUT2D eigenvalue weighted by molar-refractivity contribution is 7.99. The molecule has 1 N–H and O–H groups in total. The summed E-state index contributed by atoms with van der Waals surface area (Å²) in [6, 6.07) is 21.1. The lowest BCUT2D eigenvalue weighted by molar-refractivity contribution is -0.121. The van der Waals surface area contributed by atoms with Gasteiger partial charge in [-0.3, -0.25) is 9.36 Å². The Morgan fingerprint density at radius 1 is 1.00 bits per heavy atom. The minimum Gasteiger partial charge on any atom is -0.356 e. The number of aromatic nitrogens is 3. The van der Waals surface area contributed by atoms with E-state index in [-0.39, 0.29) is 5.91 Å². The number of carbonyl (C=O) groups is 1. The average molecular weight is 492 g/mol. The number of benzene rings is 2. The summed E-state index contributed by atoms with van der Waals surface area (Å²) < 4.78 is 2.12. The van der Waals surface area contributed by atoms with Gasteiger partial charge in [-0.05, 0) is 57.7 Å². The minimum atomic E-state index is 0.167. The van der Waals surface area contributed by atoms with Crippen molar-refractivity contribution >= 4 is 17.7 Å². The van der Waals surface area contributed by atoms with Gasteiger partial charge in [-0.25, -0.2) is 0 Å². The largest absolute Gasteiger partial charge is 0.356 e. The molecule has 1 aliphatic heterocycles. The predicted molar refractivity (Wildman–Crippen MR) is 144 cm³/mol. The van der Waals surface area contributed by atoms with Gasteiger partial charge in [0.05, 0.1) is 0 Å². The van der Waals surface area contributed by atoms with Crippen LogP contribution in [-0.2, 0) is 4.79 Å². The second-order valence-corrected chi connectivity index (χ2v) is 10.3. The third kappa shape index (κ3) is 7.42. The molecule has 4 rings (SSSR count).